The van der Waals surface area contributed by atoms with Crippen LogP contribution in [0, 0.1) is 6.92 Å². The lowest BCUT2D eigenvalue weighted by atomic mass is 10.2. The molecule has 1 aromatic heterocycles. The maximum absolute atomic E-state index is 12.4. The standard InChI is InChI=1S/C21H21N3O4S2/c1-14-5-11-18(12-6-14)30(27,28)24-17-9-7-16(8-10-17)23-20(25)15(2)22-21(26)19-4-3-13-29-19/h3-13,15,24H,1-2H3,(H,22,26)(H,23,25). The quantitative estimate of drug-likeness (QED) is 0.519. The number of carbonyl (C=O) groups excluding carboxylic acids is 2. The lowest BCUT2D eigenvalue weighted by molar-refractivity contribution is -0.117. The van der Waals surface area contributed by atoms with Crippen LogP contribution in [-0.4, -0.2) is 26.3 Å². The Balaban J connectivity index is 1.59. The maximum Gasteiger partial charge on any atom is 0.261 e. The van der Waals surface area contributed by atoms with E-state index < -0.39 is 16.1 Å². The molecule has 3 N–H and O–H groups in total. The van der Waals surface area contributed by atoms with Crippen molar-refractivity contribution < 1.29 is 18.0 Å². The summed E-state index contributed by atoms with van der Waals surface area (Å²) in [6, 6.07) is 15.5. The Bertz CT molecular complexity index is 1120. The third-order valence-corrected chi connectivity index (χ3v) is 6.49. The third kappa shape index (κ3) is 5.46. The summed E-state index contributed by atoms with van der Waals surface area (Å²) in [7, 11) is -3.70. The van der Waals surface area contributed by atoms with Crippen molar-refractivity contribution >= 4 is 44.5 Å². The molecule has 0 aliphatic heterocycles. The minimum atomic E-state index is -3.70. The van der Waals surface area contributed by atoms with Crippen LogP contribution in [0.4, 0.5) is 11.4 Å². The predicted molar refractivity (Wildman–Crippen MR) is 118 cm³/mol. The molecule has 1 unspecified atom stereocenters. The number of nitrogens with one attached hydrogen (secondary N) is 3. The molecule has 1 heterocycles. The molecule has 0 saturated carbocycles. The molecule has 0 radical (unpaired) electrons. The molecule has 30 heavy (non-hydrogen) atoms. The first kappa shape index (κ1) is 21.5. The number of thiophene rings is 1. The SMILES string of the molecule is Cc1ccc(S(=O)(=O)Nc2ccc(NC(=O)C(C)NC(=O)c3cccs3)cc2)cc1. The highest BCUT2D eigenvalue weighted by atomic mass is 32.2. The van der Waals surface area contributed by atoms with Crippen LogP contribution in [0.1, 0.15) is 22.2 Å². The summed E-state index contributed by atoms with van der Waals surface area (Å²) in [5, 5.41) is 7.11. The van der Waals surface area contributed by atoms with E-state index in [0.717, 1.165) is 5.56 Å². The molecular formula is C21H21N3O4S2. The number of rotatable bonds is 7. The first-order chi connectivity index (χ1) is 14.2. The molecule has 2 amide bonds. The van der Waals surface area contributed by atoms with Gasteiger partial charge in [0.1, 0.15) is 6.04 Å². The van der Waals surface area contributed by atoms with Gasteiger partial charge < -0.3 is 10.6 Å². The van der Waals surface area contributed by atoms with Gasteiger partial charge in [-0.05, 0) is 61.7 Å². The van der Waals surface area contributed by atoms with Crippen molar-refractivity contribution in [2.75, 3.05) is 10.0 Å². The van der Waals surface area contributed by atoms with Gasteiger partial charge in [0.05, 0.1) is 9.77 Å². The molecule has 0 bridgehead atoms. The molecule has 0 saturated heterocycles. The highest BCUT2D eigenvalue weighted by Gasteiger charge is 2.18. The fourth-order valence-electron chi connectivity index (χ4n) is 2.54. The molecule has 7 nitrogen and oxygen atoms in total. The summed E-state index contributed by atoms with van der Waals surface area (Å²) < 4.78 is 27.4. The number of benzene rings is 2. The number of hydrogen-bond acceptors (Lipinski definition) is 5. The van der Waals surface area contributed by atoms with E-state index in [4.69, 9.17) is 0 Å². The molecule has 9 heteroatoms. The van der Waals surface area contributed by atoms with E-state index in [2.05, 4.69) is 15.4 Å². The highest BCUT2D eigenvalue weighted by molar-refractivity contribution is 7.92. The van der Waals surface area contributed by atoms with Crippen molar-refractivity contribution in [3.63, 3.8) is 0 Å². The van der Waals surface area contributed by atoms with Gasteiger partial charge in [0, 0.05) is 11.4 Å². The molecule has 0 spiro atoms. The van der Waals surface area contributed by atoms with Gasteiger partial charge in [-0.3, -0.25) is 14.3 Å². The highest BCUT2D eigenvalue weighted by Crippen LogP contribution is 2.19. The van der Waals surface area contributed by atoms with Crippen molar-refractivity contribution in [2.45, 2.75) is 24.8 Å². The summed E-state index contributed by atoms with van der Waals surface area (Å²) in [5.41, 5.74) is 1.82. The number of anilines is 2. The second-order valence-electron chi connectivity index (χ2n) is 6.66. The third-order valence-electron chi connectivity index (χ3n) is 4.22. The lowest BCUT2D eigenvalue weighted by Crippen LogP contribution is -2.41. The van der Waals surface area contributed by atoms with Gasteiger partial charge in [0.15, 0.2) is 0 Å². The zero-order chi connectivity index (χ0) is 21.7. The Hall–Kier alpha value is -3.17. The van der Waals surface area contributed by atoms with Crippen LogP contribution in [0.15, 0.2) is 70.9 Å². The van der Waals surface area contributed by atoms with Gasteiger partial charge in [0.2, 0.25) is 5.91 Å². The molecule has 3 rings (SSSR count). The van der Waals surface area contributed by atoms with Crippen molar-refractivity contribution in [2.24, 2.45) is 0 Å². The predicted octanol–water partition coefficient (Wildman–Crippen LogP) is 3.61. The van der Waals surface area contributed by atoms with Crippen LogP contribution in [0.2, 0.25) is 0 Å². The lowest BCUT2D eigenvalue weighted by Gasteiger charge is -2.14. The number of carbonyl (C=O) groups is 2. The minimum Gasteiger partial charge on any atom is -0.340 e. The van der Waals surface area contributed by atoms with Crippen LogP contribution in [0.5, 0.6) is 0 Å². The van der Waals surface area contributed by atoms with Crippen LogP contribution in [-0.2, 0) is 14.8 Å². The Morgan fingerprint density at radius 3 is 2.17 bits per heavy atom. The Morgan fingerprint density at radius 2 is 1.57 bits per heavy atom. The maximum atomic E-state index is 12.4. The van der Waals surface area contributed by atoms with E-state index in [-0.39, 0.29) is 16.7 Å². The van der Waals surface area contributed by atoms with Crippen LogP contribution < -0.4 is 15.4 Å². The minimum absolute atomic E-state index is 0.167. The van der Waals surface area contributed by atoms with Crippen molar-refractivity contribution in [1.82, 2.24) is 5.32 Å². The van der Waals surface area contributed by atoms with Gasteiger partial charge >= 0.3 is 0 Å². The molecular weight excluding hydrogens is 422 g/mol. The Kier molecular flexibility index (Phi) is 6.53. The van der Waals surface area contributed by atoms with Gasteiger partial charge in [-0.2, -0.15) is 0 Å². The average Bonchev–Trinajstić information content (AvgIpc) is 3.24. The number of hydrogen-bond donors (Lipinski definition) is 3. The zero-order valence-corrected chi connectivity index (χ0v) is 18.0. The van der Waals surface area contributed by atoms with E-state index >= 15 is 0 Å². The molecule has 0 aliphatic carbocycles. The number of amides is 2. The van der Waals surface area contributed by atoms with Crippen molar-refractivity contribution in [1.29, 1.82) is 0 Å². The summed E-state index contributed by atoms with van der Waals surface area (Å²) in [6.07, 6.45) is 0. The number of aryl methyl sites for hydroxylation is 1. The first-order valence-electron chi connectivity index (χ1n) is 9.09. The molecule has 0 fully saturated rings. The number of sulfonamides is 1. The molecule has 3 aromatic rings. The average molecular weight is 444 g/mol. The van der Waals surface area contributed by atoms with E-state index in [1.54, 1.807) is 60.8 Å². The van der Waals surface area contributed by atoms with E-state index in [9.17, 15) is 18.0 Å². The second kappa shape index (κ2) is 9.10. The van der Waals surface area contributed by atoms with Crippen molar-refractivity contribution in [3.05, 3.63) is 76.5 Å². The normalized spacial score (nSPS) is 12.1. The molecule has 0 aliphatic rings. The molecule has 156 valence electrons. The van der Waals surface area contributed by atoms with E-state index in [0.29, 0.717) is 16.3 Å². The zero-order valence-electron chi connectivity index (χ0n) is 16.4. The largest absolute Gasteiger partial charge is 0.340 e. The summed E-state index contributed by atoms with van der Waals surface area (Å²) in [5.74, 6) is -0.693. The topological polar surface area (TPSA) is 104 Å². The van der Waals surface area contributed by atoms with E-state index in [1.807, 2.05) is 6.92 Å². The van der Waals surface area contributed by atoms with Crippen LogP contribution >= 0.6 is 11.3 Å². The van der Waals surface area contributed by atoms with Crippen LogP contribution in [0.25, 0.3) is 0 Å². The fraction of sp³-hybridized carbons (Fsp3) is 0.143. The van der Waals surface area contributed by atoms with Gasteiger partial charge in [-0.25, -0.2) is 8.42 Å². The summed E-state index contributed by atoms with van der Waals surface area (Å²) in [6.45, 7) is 3.47. The summed E-state index contributed by atoms with van der Waals surface area (Å²) >= 11 is 1.29. The van der Waals surface area contributed by atoms with Crippen LogP contribution in [0.3, 0.4) is 0 Å². The van der Waals surface area contributed by atoms with Crippen molar-refractivity contribution in [3.8, 4) is 0 Å². The molecule has 2 aromatic carbocycles. The molecule has 1 atom stereocenters. The monoisotopic (exact) mass is 443 g/mol. The fourth-order valence-corrected chi connectivity index (χ4v) is 4.23. The summed E-state index contributed by atoms with van der Waals surface area (Å²) in [4.78, 5) is 25.0. The van der Waals surface area contributed by atoms with Gasteiger partial charge in [0.25, 0.3) is 15.9 Å². The first-order valence-corrected chi connectivity index (χ1v) is 11.5. The Labute approximate surface area is 179 Å². The van der Waals surface area contributed by atoms with Gasteiger partial charge in [-0.15, -0.1) is 11.3 Å². The Morgan fingerprint density at radius 1 is 0.933 bits per heavy atom. The van der Waals surface area contributed by atoms with Gasteiger partial charge in [-0.1, -0.05) is 23.8 Å². The smallest absolute Gasteiger partial charge is 0.261 e. The van der Waals surface area contributed by atoms with E-state index in [1.165, 1.54) is 23.5 Å². The second-order valence-corrected chi connectivity index (χ2v) is 9.29.